The molecule has 0 saturated heterocycles. The van der Waals surface area contributed by atoms with Crippen LogP contribution in [-0.2, 0) is 86.4 Å². The number of hydrogen-bond donors (Lipinski definition) is 20. The van der Waals surface area contributed by atoms with Gasteiger partial charge in [-0.15, -0.1) is 0 Å². The van der Waals surface area contributed by atoms with Crippen LogP contribution in [0.15, 0.2) is 89.9 Å². The Morgan fingerprint density at radius 1 is 0.429 bits per heavy atom. The molecule has 3 rings (SSSR count). The number of aliphatic carboxylic acids is 1. The number of carboxylic acid groups (broad SMARTS) is 1. The maximum absolute atomic E-state index is 14.9. The Kier molecular flexibility index (Phi) is 42.1. The molecule has 25 N–H and O–H groups in total. The first kappa shape index (κ1) is 95.4. The molecule has 3 aromatic carbocycles. The molecule has 35 heteroatoms. The van der Waals surface area contributed by atoms with Gasteiger partial charge in [0.1, 0.15) is 72.2 Å². The fourth-order valence-corrected chi connectivity index (χ4v) is 11.7. The van der Waals surface area contributed by atoms with Crippen molar-refractivity contribution in [3.05, 3.63) is 102 Å². The highest BCUT2D eigenvalue weighted by Crippen LogP contribution is 2.18. The smallest absolute Gasteiger partial charge is 0.326 e. The predicted octanol–water partition coefficient (Wildman–Crippen LogP) is -1.83. The van der Waals surface area contributed by atoms with Crippen molar-refractivity contribution in [3.63, 3.8) is 0 Å². The highest BCUT2D eigenvalue weighted by molar-refractivity contribution is 6.00. The number of nitrogens with two attached hydrogens (primary N) is 5. The number of aromatic hydroxyl groups is 1. The molecule has 0 aromatic heterocycles. The summed E-state index contributed by atoms with van der Waals surface area (Å²) in [6.45, 7) is 15.8. The van der Waals surface area contributed by atoms with Crippen molar-refractivity contribution in [2.45, 2.75) is 225 Å². The fourth-order valence-electron chi connectivity index (χ4n) is 11.7. The van der Waals surface area contributed by atoms with Gasteiger partial charge in [0.05, 0.1) is 25.6 Å². The molecule has 0 saturated carbocycles. The number of benzene rings is 3. The van der Waals surface area contributed by atoms with Crippen molar-refractivity contribution in [2.75, 3.05) is 26.2 Å². The van der Waals surface area contributed by atoms with E-state index in [9.17, 15) is 82.4 Å². The van der Waals surface area contributed by atoms with E-state index in [2.05, 4.69) is 68.8 Å². The third-order valence-corrected chi connectivity index (χ3v) is 18.5. The van der Waals surface area contributed by atoms with Crippen molar-refractivity contribution in [1.82, 2.24) is 63.8 Å². The molecule has 0 aliphatic rings. The van der Waals surface area contributed by atoms with Gasteiger partial charge in [-0.2, -0.15) is 0 Å². The van der Waals surface area contributed by atoms with Crippen molar-refractivity contribution in [3.8, 4) is 5.75 Å². The number of primary amides is 1. The Labute approximate surface area is 654 Å². The first-order valence-corrected chi connectivity index (χ1v) is 38.0. The average Bonchev–Trinajstić information content (AvgIpc) is 0.842. The zero-order chi connectivity index (χ0) is 83.9. The number of amides is 13. The van der Waals surface area contributed by atoms with E-state index in [-0.39, 0.29) is 81.5 Å². The first-order valence-electron chi connectivity index (χ1n) is 38.0. The lowest BCUT2D eigenvalue weighted by Crippen LogP contribution is -2.62. The van der Waals surface area contributed by atoms with Gasteiger partial charge in [0, 0.05) is 25.8 Å². The number of rotatable bonds is 51. The number of unbranched alkanes of at least 4 members (excludes halogenated alkanes) is 1. The van der Waals surface area contributed by atoms with E-state index in [1.807, 2.05) is 13.8 Å². The molecule has 3 aromatic rings. The Morgan fingerprint density at radius 2 is 0.821 bits per heavy atom. The third-order valence-electron chi connectivity index (χ3n) is 18.5. The van der Waals surface area contributed by atoms with E-state index in [1.54, 1.807) is 116 Å². The summed E-state index contributed by atoms with van der Waals surface area (Å²) in [5, 5.41) is 61.6. The SMILES string of the molecule is CC[C@H](C)[C@H](NC(=O)CNC(=O)[C@H](CC(N)=O)NC(=O)[C@H](Cc1ccc(O)cc1)NC(=O)[C@H](CO)NC(=O)[C@@H](NC(=O)[C@H](CC(C)C)NC(=O)[C@@H](N)CCCN=C(N)N)C(C)C)C(=O)N[C@H](C(=O)N[C@@H](Cc1ccccc1)C(=O)N[C@@H](Cc1ccccc1)C(=O)N[C@@H](CC(C)C)C(=O)N[C@@H](CCCCN)C(=O)O)[C@@H](C)CC. The van der Waals surface area contributed by atoms with Crippen LogP contribution in [0.3, 0.4) is 0 Å². The number of aliphatic hydroxyl groups is 1. The molecule has 0 radical (unpaired) electrons. The molecule has 0 aliphatic heterocycles. The lowest BCUT2D eigenvalue weighted by molar-refractivity contribution is -0.142. The monoisotopic (exact) mass is 1570 g/mol. The summed E-state index contributed by atoms with van der Waals surface area (Å²) in [5.74, 6) is -15.7. The second kappa shape index (κ2) is 49.4. The van der Waals surface area contributed by atoms with Gasteiger partial charge >= 0.3 is 5.97 Å². The molecule has 0 fully saturated rings. The second-order valence-electron chi connectivity index (χ2n) is 29.3. The minimum Gasteiger partial charge on any atom is -0.508 e. The molecule has 13 amide bonds. The summed E-state index contributed by atoms with van der Waals surface area (Å²) in [7, 11) is 0. The molecule has 112 heavy (non-hydrogen) atoms. The van der Waals surface area contributed by atoms with E-state index in [0.29, 0.717) is 48.9 Å². The molecular formula is C77H120N18O17. The summed E-state index contributed by atoms with van der Waals surface area (Å²) in [6.07, 6.45) is 0.898. The highest BCUT2D eigenvalue weighted by Gasteiger charge is 2.39. The molecule has 0 heterocycles. The van der Waals surface area contributed by atoms with Crippen LogP contribution in [0.4, 0.5) is 0 Å². The van der Waals surface area contributed by atoms with Crippen LogP contribution in [0.5, 0.6) is 5.75 Å². The second-order valence-corrected chi connectivity index (χ2v) is 29.3. The van der Waals surface area contributed by atoms with Gasteiger partial charge < -0.3 is 108 Å². The van der Waals surface area contributed by atoms with Gasteiger partial charge in [-0.05, 0) is 110 Å². The number of carboxylic acids is 1. The number of nitrogens with zero attached hydrogens (tertiary/aromatic N) is 1. The zero-order valence-corrected chi connectivity index (χ0v) is 65.8. The molecule has 35 nitrogen and oxygen atoms in total. The average molecular weight is 1570 g/mol. The maximum Gasteiger partial charge on any atom is 0.326 e. The number of carbonyl (C=O) groups is 14. The van der Waals surface area contributed by atoms with Crippen LogP contribution in [0.1, 0.15) is 150 Å². The molecule has 0 spiro atoms. The number of hydrogen-bond acceptors (Lipinski definition) is 19. The Balaban J connectivity index is 1.89. The highest BCUT2D eigenvalue weighted by atomic mass is 16.4. The largest absolute Gasteiger partial charge is 0.508 e. The molecular weight excluding hydrogens is 1450 g/mol. The molecule has 0 aliphatic carbocycles. The number of guanidine groups is 1. The van der Waals surface area contributed by atoms with Gasteiger partial charge in [-0.3, -0.25) is 67.3 Å². The number of nitrogens with one attached hydrogen (secondary N) is 12. The van der Waals surface area contributed by atoms with Gasteiger partial charge in [0.2, 0.25) is 76.8 Å². The van der Waals surface area contributed by atoms with E-state index in [0.717, 1.165) is 0 Å². The molecule has 0 bridgehead atoms. The third kappa shape index (κ3) is 34.6. The summed E-state index contributed by atoms with van der Waals surface area (Å²) in [6, 6.07) is 5.72. The lowest BCUT2D eigenvalue weighted by Gasteiger charge is -2.30. The van der Waals surface area contributed by atoms with Gasteiger partial charge in [-0.1, -0.05) is 155 Å². The minimum absolute atomic E-state index is 0.0878. The number of aliphatic imine (C=N–C) groups is 1. The molecule has 14 atom stereocenters. The van der Waals surface area contributed by atoms with Crippen LogP contribution in [0.2, 0.25) is 0 Å². The maximum atomic E-state index is 14.9. The number of carbonyl (C=O) groups excluding carboxylic acids is 13. The van der Waals surface area contributed by atoms with E-state index < -0.39 is 193 Å². The predicted molar refractivity (Wildman–Crippen MR) is 418 cm³/mol. The summed E-state index contributed by atoms with van der Waals surface area (Å²) < 4.78 is 0. The first-order chi connectivity index (χ1) is 52.9. The quantitative estimate of drug-likeness (QED) is 0.0168. The summed E-state index contributed by atoms with van der Waals surface area (Å²) in [5.41, 5.74) is 29.6. The lowest BCUT2D eigenvalue weighted by atomic mass is 9.94. The minimum atomic E-state index is -1.84. The van der Waals surface area contributed by atoms with Crippen molar-refractivity contribution < 1.29 is 82.4 Å². The Hall–Kier alpha value is -10.8. The van der Waals surface area contributed by atoms with E-state index in [4.69, 9.17) is 28.7 Å². The van der Waals surface area contributed by atoms with E-state index in [1.165, 1.54) is 24.3 Å². The number of phenols is 1. The summed E-state index contributed by atoms with van der Waals surface area (Å²) >= 11 is 0. The van der Waals surface area contributed by atoms with E-state index >= 15 is 0 Å². The molecule has 0 unspecified atom stereocenters. The van der Waals surface area contributed by atoms with Gasteiger partial charge in [0.25, 0.3) is 0 Å². The normalized spacial score (nSPS) is 15.0. The standard InChI is InChI=1S/C77H120N18O17/c1-11-45(9)63(75(110)95-64(46(10)12-2)74(109)91-57(37-48-24-17-14-18-25-48)70(105)88-55(36-47-22-15-13-16-23-47)68(103)87-53(34-42(3)4)67(102)85-52(76(111)112)27-19-20-32-78)93-61(99)40-84-66(101)58(39-60(80)98)90-69(104)56(38-49-28-30-50(97)31-29-49)89-72(107)59(41-96)92-73(108)62(44(7)8)94-71(106)54(35-43(5)6)86-65(100)51(79)26-21-33-83-77(81)82/h13-18,22-25,28-31,42-46,51-59,62-64,96-97H,11-12,19-21,26-27,32-41,78-79H2,1-10H3,(H2,80,98)(H,84,101)(H,85,102)(H,86,100)(H,87,103)(H,88,105)(H,89,107)(H,90,104)(H,91,109)(H,92,108)(H,93,99)(H,94,106)(H,95,110)(H,111,112)(H4,81,82,83)/t45-,46-,51-,52-,53-,54-,55-,56-,57-,58-,59-,62-,63-,64-/m0/s1. The van der Waals surface area contributed by atoms with Gasteiger partial charge in [0.15, 0.2) is 5.96 Å². The zero-order valence-electron chi connectivity index (χ0n) is 65.8. The van der Waals surface area contributed by atoms with Crippen molar-refractivity contribution in [1.29, 1.82) is 0 Å². The van der Waals surface area contributed by atoms with Crippen molar-refractivity contribution in [2.24, 2.45) is 63.3 Å². The topological polar surface area (TPSA) is 586 Å². The van der Waals surface area contributed by atoms with Crippen LogP contribution in [0, 0.1) is 29.6 Å². The fraction of sp³-hybridized carbons (Fsp3) is 0.571. The van der Waals surface area contributed by atoms with Crippen LogP contribution in [0.25, 0.3) is 0 Å². The van der Waals surface area contributed by atoms with Crippen molar-refractivity contribution >= 4 is 88.7 Å². The van der Waals surface area contributed by atoms with Crippen LogP contribution < -0.4 is 92.5 Å². The Morgan fingerprint density at radius 3 is 1.27 bits per heavy atom. The summed E-state index contributed by atoms with van der Waals surface area (Å²) in [4.78, 5) is 199. The van der Waals surface area contributed by atoms with Crippen LogP contribution in [-0.4, -0.2) is 203 Å². The number of phenolic OH excluding ortho intramolecular Hbond substituents is 1. The Bertz CT molecular complexity index is 3600. The van der Waals surface area contributed by atoms with Gasteiger partial charge in [-0.25, -0.2) is 4.79 Å². The van der Waals surface area contributed by atoms with Crippen LogP contribution >= 0.6 is 0 Å². The number of aliphatic hydroxyl groups excluding tert-OH is 1. The molecule has 620 valence electrons.